The number of anilines is 2. The van der Waals surface area contributed by atoms with Gasteiger partial charge in [-0.2, -0.15) is 13.2 Å². The molecular weight excluding hydrogens is 327 g/mol. The normalized spacial score (nSPS) is 19.9. The highest BCUT2D eigenvalue weighted by Gasteiger charge is 2.62. The number of hydrogen-bond acceptors (Lipinski definition) is 4. The average molecular weight is 341 g/mol. The van der Waals surface area contributed by atoms with E-state index in [0.717, 1.165) is 17.7 Å². The molecule has 6 nitrogen and oxygen atoms in total. The molecule has 0 saturated heterocycles. The van der Waals surface area contributed by atoms with Crippen molar-refractivity contribution in [1.82, 2.24) is 9.13 Å². The molecule has 1 unspecified atom stereocenters. The first-order chi connectivity index (χ1) is 11.0. The lowest BCUT2D eigenvalue weighted by molar-refractivity contribution is -0.249. The maximum absolute atomic E-state index is 13.8. The van der Waals surface area contributed by atoms with E-state index in [1.165, 1.54) is 37.2 Å². The van der Waals surface area contributed by atoms with Gasteiger partial charge in [-0.05, 0) is 6.07 Å². The summed E-state index contributed by atoms with van der Waals surface area (Å²) >= 11 is 0. The molecule has 1 aliphatic heterocycles. The molecule has 128 valence electrons. The predicted octanol–water partition coefficient (Wildman–Crippen LogP) is 0.964. The van der Waals surface area contributed by atoms with Crippen molar-refractivity contribution in [2.24, 2.45) is 14.1 Å². The van der Waals surface area contributed by atoms with Gasteiger partial charge >= 0.3 is 11.9 Å². The van der Waals surface area contributed by atoms with Gasteiger partial charge in [-0.15, -0.1) is 0 Å². The molecule has 1 aromatic heterocycles. The Labute approximate surface area is 134 Å². The van der Waals surface area contributed by atoms with Gasteiger partial charge in [-0.25, -0.2) is 4.79 Å². The third kappa shape index (κ3) is 1.75. The number of aliphatic hydroxyl groups is 1. The number of rotatable bonds is 0. The van der Waals surface area contributed by atoms with Gasteiger partial charge in [0.15, 0.2) is 0 Å². The third-order valence-electron chi connectivity index (χ3n) is 4.38. The van der Waals surface area contributed by atoms with Gasteiger partial charge < -0.3 is 10.0 Å². The molecule has 0 saturated carbocycles. The molecule has 0 bridgehead atoms. The Bertz CT molecular complexity index is 961. The van der Waals surface area contributed by atoms with Crippen LogP contribution in [0.5, 0.6) is 0 Å². The van der Waals surface area contributed by atoms with Crippen LogP contribution in [0, 0.1) is 0 Å². The third-order valence-corrected chi connectivity index (χ3v) is 4.38. The van der Waals surface area contributed by atoms with Crippen molar-refractivity contribution in [2.45, 2.75) is 11.8 Å². The molecule has 1 N–H and O–H groups in total. The molecule has 0 fully saturated rings. The summed E-state index contributed by atoms with van der Waals surface area (Å²) in [5.41, 5.74) is -6.76. The zero-order valence-electron chi connectivity index (χ0n) is 13.0. The summed E-state index contributed by atoms with van der Waals surface area (Å²) in [6, 6.07) is 5.36. The van der Waals surface area contributed by atoms with Gasteiger partial charge in [0, 0.05) is 32.4 Å². The van der Waals surface area contributed by atoms with Gasteiger partial charge in [0.25, 0.3) is 5.56 Å². The Balaban J connectivity index is 2.60. The summed E-state index contributed by atoms with van der Waals surface area (Å²) in [7, 11) is 3.76. The number of hydrogen-bond donors (Lipinski definition) is 1. The summed E-state index contributed by atoms with van der Waals surface area (Å²) in [5, 5.41) is 10.7. The zero-order chi connectivity index (χ0) is 18.0. The smallest absolute Gasteiger partial charge is 0.372 e. The molecule has 3 rings (SSSR count). The standard InChI is InChI=1S/C15H14F3N3O3/c1-19-9-7-5-4-6-8(9)14(24,15(16,17)18)10-11(19)20(2)13(23)21(3)12(10)22/h4-7,24H,1-3H3. The lowest BCUT2D eigenvalue weighted by Gasteiger charge is -2.41. The van der Waals surface area contributed by atoms with E-state index in [1.54, 1.807) is 0 Å². The minimum Gasteiger partial charge on any atom is -0.372 e. The van der Waals surface area contributed by atoms with Gasteiger partial charge in [-0.3, -0.25) is 13.9 Å². The van der Waals surface area contributed by atoms with Gasteiger partial charge in [0.05, 0.1) is 0 Å². The topological polar surface area (TPSA) is 67.5 Å². The molecule has 1 aromatic carbocycles. The van der Waals surface area contributed by atoms with Gasteiger partial charge in [0.1, 0.15) is 11.4 Å². The van der Waals surface area contributed by atoms with Crippen LogP contribution < -0.4 is 16.1 Å². The first-order valence-electron chi connectivity index (χ1n) is 6.96. The largest absolute Gasteiger partial charge is 0.426 e. The van der Waals surface area contributed by atoms with Crippen molar-refractivity contribution < 1.29 is 18.3 Å². The highest BCUT2D eigenvalue weighted by molar-refractivity contribution is 5.74. The number of nitrogens with zero attached hydrogens (tertiary/aromatic N) is 3. The Hall–Kier alpha value is -2.55. The number of aromatic nitrogens is 2. The van der Waals surface area contributed by atoms with Crippen LogP contribution in [0.25, 0.3) is 0 Å². The first kappa shape index (κ1) is 16.3. The minimum absolute atomic E-state index is 0.0630. The molecule has 2 heterocycles. The minimum atomic E-state index is -5.15. The van der Waals surface area contributed by atoms with Crippen LogP contribution in [-0.4, -0.2) is 27.5 Å². The van der Waals surface area contributed by atoms with Crippen molar-refractivity contribution in [3.05, 3.63) is 56.2 Å². The molecular formula is C15H14F3N3O3. The molecule has 9 heteroatoms. The van der Waals surface area contributed by atoms with E-state index in [2.05, 4.69) is 0 Å². The molecule has 24 heavy (non-hydrogen) atoms. The molecule has 1 aliphatic rings. The molecule has 0 radical (unpaired) electrons. The lowest BCUT2D eigenvalue weighted by atomic mass is 9.82. The SMILES string of the molecule is CN1c2ccccc2C(O)(C(F)(F)F)c2c1n(C)c(=O)n(C)c2=O. The Morgan fingerprint density at radius 1 is 1.04 bits per heavy atom. The van der Waals surface area contributed by atoms with Crippen LogP contribution in [0.2, 0.25) is 0 Å². The van der Waals surface area contributed by atoms with E-state index in [4.69, 9.17) is 0 Å². The second-order valence-electron chi connectivity index (χ2n) is 5.69. The fourth-order valence-corrected chi connectivity index (χ4v) is 3.16. The highest BCUT2D eigenvalue weighted by atomic mass is 19.4. The monoisotopic (exact) mass is 341 g/mol. The summed E-state index contributed by atoms with van der Waals surface area (Å²) in [4.78, 5) is 25.9. The molecule has 0 spiro atoms. The average Bonchev–Trinajstić information content (AvgIpc) is 2.53. The maximum Gasteiger partial charge on any atom is 0.426 e. The number of alkyl halides is 3. The van der Waals surface area contributed by atoms with Crippen LogP contribution in [0.15, 0.2) is 33.9 Å². The van der Waals surface area contributed by atoms with Crippen LogP contribution >= 0.6 is 0 Å². The van der Waals surface area contributed by atoms with Crippen LogP contribution in [0.3, 0.4) is 0 Å². The number of para-hydroxylation sites is 1. The number of halogens is 3. The van der Waals surface area contributed by atoms with E-state index in [9.17, 15) is 27.9 Å². The van der Waals surface area contributed by atoms with Gasteiger partial charge in [-0.1, -0.05) is 18.2 Å². The van der Waals surface area contributed by atoms with E-state index in [1.807, 2.05) is 0 Å². The number of benzene rings is 1. The highest BCUT2D eigenvalue weighted by Crippen LogP contribution is 2.52. The lowest BCUT2D eigenvalue weighted by Crippen LogP contribution is -2.55. The maximum atomic E-state index is 13.8. The van der Waals surface area contributed by atoms with Crippen LogP contribution in [0.4, 0.5) is 24.7 Å². The first-order valence-corrected chi connectivity index (χ1v) is 6.96. The molecule has 0 amide bonds. The fourth-order valence-electron chi connectivity index (χ4n) is 3.16. The van der Waals surface area contributed by atoms with Crippen molar-refractivity contribution >= 4 is 11.5 Å². The summed E-state index contributed by atoms with van der Waals surface area (Å²) in [6.07, 6.45) is -5.15. The zero-order valence-corrected chi connectivity index (χ0v) is 13.0. The predicted molar refractivity (Wildman–Crippen MR) is 80.5 cm³/mol. The number of fused-ring (bicyclic) bond motifs is 2. The van der Waals surface area contributed by atoms with E-state index < -0.39 is 34.2 Å². The Morgan fingerprint density at radius 3 is 2.21 bits per heavy atom. The van der Waals surface area contributed by atoms with Gasteiger partial charge in [0.2, 0.25) is 5.60 Å². The Kier molecular flexibility index (Phi) is 3.21. The second kappa shape index (κ2) is 4.73. The van der Waals surface area contributed by atoms with E-state index >= 15 is 0 Å². The summed E-state index contributed by atoms with van der Waals surface area (Å²) < 4.78 is 43.0. The van der Waals surface area contributed by atoms with Crippen LogP contribution in [0.1, 0.15) is 11.1 Å². The van der Waals surface area contributed by atoms with Crippen LogP contribution in [-0.2, 0) is 19.7 Å². The second-order valence-corrected chi connectivity index (χ2v) is 5.69. The molecule has 2 aromatic rings. The van der Waals surface area contributed by atoms with Crippen molar-refractivity contribution in [1.29, 1.82) is 0 Å². The summed E-state index contributed by atoms with van der Waals surface area (Å²) in [6.45, 7) is 0. The van der Waals surface area contributed by atoms with E-state index in [-0.39, 0.29) is 11.5 Å². The van der Waals surface area contributed by atoms with Crippen molar-refractivity contribution in [2.75, 3.05) is 11.9 Å². The molecule has 0 aliphatic carbocycles. The molecule has 1 atom stereocenters. The van der Waals surface area contributed by atoms with Crippen molar-refractivity contribution in [3.63, 3.8) is 0 Å². The van der Waals surface area contributed by atoms with E-state index in [0.29, 0.717) is 4.57 Å². The van der Waals surface area contributed by atoms with Crippen molar-refractivity contribution in [3.8, 4) is 0 Å². The Morgan fingerprint density at radius 2 is 1.62 bits per heavy atom. The fraction of sp³-hybridized carbons (Fsp3) is 0.333. The summed E-state index contributed by atoms with van der Waals surface area (Å²) in [5.74, 6) is -0.290. The quantitative estimate of drug-likeness (QED) is 0.775.